The van der Waals surface area contributed by atoms with Crippen LogP contribution in [0.4, 0.5) is 5.69 Å². The molecule has 1 aliphatic rings. The van der Waals surface area contributed by atoms with Crippen molar-refractivity contribution in [2.75, 3.05) is 5.32 Å². The number of nitrogens with one attached hydrogen (secondary N) is 1. The summed E-state index contributed by atoms with van der Waals surface area (Å²) in [5.74, 6) is 0.353. The van der Waals surface area contributed by atoms with Crippen LogP contribution in [0.25, 0.3) is 0 Å². The summed E-state index contributed by atoms with van der Waals surface area (Å²) in [7, 11) is 0. The van der Waals surface area contributed by atoms with Crippen LogP contribution in [0.1, 0.15) is 22.7 Å². The highest BCUT2D eigenvalue weighted by Gasteiger charge is 2.28. The maximum Gasteiger partial charge on any atom is 0.121 e. The molecule has 1 heterocycles. The number of phenols is 1. The Hall–Kier alpha value is -1.96. The predicted molar refractivity (Wildman–Crippen MR) is 64.8 cm³/mol. The minimum absolute atomic E-state index is 0.136. The molecule has 0 aromatic heterocycles. The molecule has 0 spiro atoms. The maximum atomic E-state index is 9.79. The lowest BCUT2D eigenvalue weighted by Gasteiger charge is -2.33. The van der Waals surface area contributed by atoms with Crippen molar-refractivity contribution in [3.05, 3.63) is 59.2 Å². The van der Waals surface area contributed by atoms with Crippen molar-refractivity contribution in [2.24, 2.45) is 0 Å². The van der Waals surface area contributed by atoms with Crippen LogP contribution in [0.5, 0.6) is 5.75 Å². The topological polar surface area (TPSA) is 32.3 Å². The van der Waals surface area contributed by atoms with Gasteiger partial charge in [-0.05, 0) is 24.6 Å². The number of hydrogen-bond donors (Lipinski definition) is 2. The SMILES string of the molecule is Cc1ccc2c(c1)NC2c1ccccc1O. The lowest BCUT2D eigenvalue weighted by molar-refractivity contribution is 0.465. The van der Waals surface area contributed by atoms with Gasteiger partial charge in [-0.2, -0.15) is 0 Å². The molecule has 2 heteroatoms. The number of para-hydroxylation sites is 1. The summed E-state index contributed by atoms with van der Waals surface area (Å²) >= 11 is 0. The molecule has 2 nitrogen and oxygen atoms in total. The van der Waals surface area contributed by atoms with E-state index in [1.54, 1.807) is 6.07 Å². The van der Waals surface area contributed by atoms with Crippen LogP contribution in [0.2, 0.25) is 0 Å². The van der Waals surface area contributed by atoms with Crippen molar-refractivity contribution in [2.45, 2.75) is 13.0 Å². The lowest BCUT2D eigenvalue weighted by atomic mass is 9.89. The highest BCUT2D eigenvalue weighted by molar-refractivity contribution is 5.68. The fourth-order valence-electron chi connectivity index (χ4n) is 2.18. The molecule has 2 N–H and O–H groups in total. The van der Waals surface area contributed by atoms with Gasteiger partial charge in [0.25, 0.3) is 0 Å². The van der Waals surface area contributed by atoms with Gasteiger partial charge in [-0.1, -0.05) is 30.3 Å². The highest BCUT2D eigenvalue weighted by Crippen LogP contribution is 2.43. The average Bonchev–Trinajstić information content (AvgIpc) is 2.24. The normalized spacial score (nSPS) is 17.2. The van der Waals surface area contributed by atoms with Gasteiger partial charge in [-0.25, -0.2) is 0 Å². The lowest BCUT2D eigenvalue weighted by Crippen LogP contribution is -2.23. The van der Waals surface area contributed by atoms with Crippen molar-refractivity contribution in [3.8, 4) is 5.75 Å². The van der Waals surface area contributed by atoms with Gasteiger partial charge in [0.1, 0.15) is 5.75 Å². The van der Waals surface area contributed by atoms with E-state index in [0.717, 1.165) is 5.56 Å². The quantitative estimate of drug-likeness (QED) is 0.759. The summed E-state index contributed by atoms with van der Waals surface area (Å²) in [5.41, 5.74) is 4.63. The van der Waals surface area contributed by atoms with Crippen molar-refractivity contribution in [1.82, 2.24) is 0 Å². The van der Waals surface area contributed by atoms with Gasteiger partial charge in [-0.15, -0.1) is 0 Å². The zero-order chi connectivity index (χ0) is 11.1. The van der Waals surface area contributed by atoms with E-state index in [4.69, 9.17) is 0 Å². The van der Waals surface area contributed by atoms with Gasteiger partial charge in [0.05, 0.1) is 6.04 Å². The minimum Gasteiger partial charge on any atom is -0.508 e. The number of anilines is 1. The van der Waals surface area contributed by atoms with E-state index in [9.17, 15) is 5.11 Å². The molecule has 0 bridgehead atoms. The van der Waals surface area contributed by atoms with Crippen LogP contribution in [0.15, 0.2) is 42.5 Å². The Kier molecular flexibility index (Phi) is 1.90. The fourth-order valence-corrected chi connectivity index (χ4v) is 2.18. The van der Waals surface area contributed by atoms with Gasteiger partial charge in [0.2, 0.25) is 0 Å². The first-order valence-corrected chi connectivity index (χ1v) is 5.41. The largest absolute Gasteiger partial charge is 0.508 e. The van der Waals surface area contributed by atoms with Gasteiger partial charge in [0, 0.05) is 16.8 Å². The summed E-state index contributed by atoms with van der Waals surface area (Å²) in [4.78, 5) is 0. The van der Waals surface area contributed by atoms with E-state index in [1.165, 1.54) is 16.8 Å². The van der Waals surface area contributed by atoms with Gasteiger partial charge in [-0.3, -0.25) is 0 Å². The van der Waals surface area contributed by atoms with E-state index in [2.05, 4.69) is 30.4 Å². The number of hydrogen-bond acceptors (Lipinski definition) is 2. The summed E-state index contributed by atoms with van der Waals surface area (Å²) < 4.78 is 0. The second-order valence-corrected chi connectivity index (χ2v) is 4.23. The second-order valence-electron chi connectivity index (χ2n) is 4.23. The van der Waals surface area contributed by atoms with Gasteiger partial charge >= 0.3 is 0 Å². The molecule has 0 saturated carbocycles. The molecular weight excluding hydrogens is 198 g/mol. The number of fused-ring (bicyclic) bond motifs is 1. The molecule has 80 valence electrons. The van der Waals surface area contributed by atoms with Crippen LogP contribution >= 0.6 is 0 Å². The molecule has 0 aliphatic carbocycles. The molecule has 1 unspecified atom stereocenters. The molecule has 3 rings (SSSR count). The Bertz CT molecular complexity index is 548. The molecule has 0 radical (unpaired) electrons. The van der Waals surface area contributed by atoms with Crippen LogP contribution in [0.3, 0.4) is 0 Å². The standard InChI is InChI=1S/C14H13NO/c1-9-6-7-10-12(8-9)15-14(10)11-4-2-3-5-13(11)16/h2-8,14-16H,1H3. The average molecular weight is 211 g/mol. The molecule has 0 saturated heterocycles. The molecule has 16 heavy (non-hydrogen) atoms. The number of phenolic OH excluding ortho intramolecular Hbond substituents is 1. The first kappa shape index (κ1) is 9.28. The third kappa shape index (κ3) is 1.27. The number of aromatic hydroxyl groups is 1. The molecular formula is C14H13NO. The van der Waals surface area contributed by atoms with Crippen molar-refractivity contribution in [3.63, 3.8) is 0 Å². The van der Waals surface area contributed by atoms with Crippen LogP contribution in [0, 0.1) is 6.92 Å². The fraction of sp³-hybridized carbons (Fsp3) is 0.143. The summed E-state index contributed by atoms with van der Waals surface area (Å²) in [6.07, 6.45) is 0. The van der Waals surface area contributed by atoms with Gasteiger partial charge < -0.3 is 10.4 Å². The molecule has 1 aliphatic heterocycles. The number of benzene rings is 2. The Labute approximate surface area is 94.6 Å². The zero-order valence-corrected chi connectivity index (χ0v) is 9.07. The molecule has 2 aromatic rings. The Morgan fingerprint density at radius 1 is 1.06 bits per heavy atom. The Morgan fingerprint density at radius 3 is 2.62 bits per heavy atom. The number of aryl methyl sites for hydroxylation is 1. The van der Waals surface area contributed by atoms with Crippen molar-refractivity contribution in [1.29, 1.82) is 0 Å². The van der Waals surface area contributed by atoms with Crippen LogP contribution in [-0.4, -0.2) is 5.11 Å². The summed E-state index contributed by atoms with van der Waals surface area (Å²) in [5, 5.41) is 13.1. The van der Waals surface area contributed by atoms with Gasteiger partial charge in [0.15, 0.2) is 0 Å². The van der Waals surface area contributed by atoms with Crippen molar-refractivity contribution < 1.29 is 5.11 Å². The van der Waals surface area contributed by atoms with E-state index >= 15 is 0 Å². The summed E-state index contributed by atoms with van der Waals surface area (Å²) in [6, 6.07) is 14.0. The molecule has 1 atom stereocenters. The first-order valence-electron chi connectivity index (χ1n) is 5.41. The third-order valence-electron chi connectivity index (χ3n) is 3.07. The Morgan fingerprint density at radius 2 is 1.88 bits per heavy atom. The van der Waals surface area contributed by atoms with Crippen LogP contribution in [-0.2, 0) is 0 Å². The second kappa shape index (κ2) is 3.27. The Balaban J connectivity index is 2.02. The first-order chi connectivity index (χ1) is 7.75. The summed E-state index contributed by atoms with van der Waals surface area (Å²) in [6.45, 7) is 2.08. The monoisotopic (exact) mass is 211 g/mol. The maximum absolute atomic E-state index is 9.79. The van der Waals surface area contributed by atoms with E-state index < -0.39 is 0 Å². The number of rotatable bonds is 1. The van der Waals surface area contributed by atoms with Crippen LogP contribution < -0.4 is 5.32 Å². The molecule has 0 amide bonds. The van der Waals surface area contributed by atoms with Crippen molar-refractivity contribution >= 4 is 5.69 Å². The minimum atomic E-state index is 0.136. The highest BCUT2D eigenvalue weighted by atomic mass is 16.3. The third-order valence-corrected chi connectivity index (χ3v) is 3.07. The van der Waals surface area contributed by atoms with E-state index in [-0.39, 0.29) is 6.04 Å². The molecule has 2 aromatic carbocycles. The van der Waals surface area contributed by atoms with E-state index in [1.807, 2.05) is 18.2 Å². The zero-order valence-electron chi connectivity index (χ0n) is 9.07. The smallest absolute Gasteiger partial charge is 0.121 e. The predicted octanol–water partition coefficient (Wildman–Crippen LogP) is 3.22. The molecule has 0 fully saturated rings. The van der Waals surface area contributed by atoms with E-state index in [0.29, 0.717) is 5.75 Å².